The molecule has 0 saturated heterocycles. The molecule has 1 heterocycles. The van der Waals surface area contributed by atoms with Gasteiger partial charge in [0.05, 0.1) is 12.0 Å². The predicted octanol–water partition coefficient (Wildman–Crippen LogP) is 2.62. The molecule has 8 nitrogen and oxygen atoms in total. The smallest absolute Gasteiger partial charge is 0.345 e. The average molecular weight is 419 g/mol. The molecule has 0 aliphatic carbocycles. The molecule has 1 aromatic rings. The first-order valence-corrected chi connectivity index (χ1v) is 14.6. The Morgan fingerprint density at radius 1 is 1.19 bits per heavy atom. The first-order chi connectivity index (χ1) is 11.9. The molecule has 2 N–H and O–H groups in total. The van der Waals surface area contributed by atoms with Crippen LogP contribution < -0.4 is 5.56 Å². The van der Waals surface area contributed by atoms with Crippen molar-refractivity contribution < 1.29 is 23.1 Å². The molecule has 1 rings (SSSR count). The van der Waals surface area contributed by atoms with Gasteiger partial charge in [-0.05, 0) is 45.3 Å². The summed E-state index contributed by atoms with van der Waals surface area (Å²) in [6.07, 6.45) is 1.81. The summed E-state index contributed by atoms with van der Waals surface area (Å²) in [4.78, 5) is 28.8. The fourth-order valence-electron chi connectivity index (χ4n) is 2.12. The lowest BCUT2D eigenvalue weighted by molar-refractivity contribution is -0.00750. The SMILES string of the molecule is C=C(C)OCOC[Si](C)(C)O[Si](C)(C)COC(=O)c1c[nH]c(=S)[nH]c1=O. The minimum atomic E-state index is -2.31. The third-order valence-corrected chi connectivity index (χ3v) is 9.36. The van der Waals surface area contributed by atoms with Crippen LogP contribution in [0.5, 0.6) is 0 Å². The lowest BCUT2D eigenvalue weighted by atomic mass is 10.3. The van der Waals surface area contributed by atoms with E-state index in [0.29, 0.717) is 12.0 Å². The second-order valence-corrected chi connectivity index (χ2v) is 15.8. The Morgan fingerprint density at radius 2 is 1.81 bits per heavy atom. The highest BCUT2D eigenvalue weighted by atomic mass is 32.1. The number of aromatic nitrogens is 2. The van der Waals surface area contributed by atoms with Gasteiger partial charge in [-0.15, -0.1) is 0 Å². The summed E-state index contributed by atoms with van der Waals surface area (Å²) in [7, 11) is -4.44. The van der Waals surface area contributed by atoms with Gasteiger partial charge in [0.2, 0.25) is 8.32 Å². The van der Waals surface area contributed by atoms with Gasteiger partial charge in [-0.3, -0.25) is 9.78 Å². The number of hydrogen-bond donors (Lipinski definition) is 2. The average Bonchev–Trinajstić information content (AvgIpc) is 2.48. The summed E-state index contributed by atoms with van der Waals surface area (Å²) < 4.78 is 22.3. The molecule has 0 saturated carbocycles. The standard InChI is InChI=1S/C15H26N2O6SSi2/c1-11(2)21-8-20-9-25(3,4)23-26(5,6)10-22-14(19)12-7-16-15(24)17-13(12)18/h7H,1,8-10H2,2-6H3,(H2,16,17,18,24). The molecule has 1 aromatic heterocycles. The number of H-pyrrole nitrogens is 2. The fourth-order valence-corrected chi connectivity index (χ4v) is 9.78. The van der Waals surface area contributed by atoms with E-state index in [1.807, 2.05) is 26.2 Å². The number of carbonyl (C=O) groups excluding carboxylic acids is 1. The third-order valence-electron chi connectivity index (χ3n) is 2.98. The van der Waals surface area contributed by atoms with Crippen molar-refractivity contribution in [3.05, 3.63) is 39.2 Å². The maximum atomic E-state index is 12.1. The molecule has 0 amide bonds. The molecule has 0 bridgehead atoms. The molecular formula is C15H26N2O6SSi2. The van der Waals surface area contributed by atoms with Crippen molar-refractivity contribution in [1.29, 1.82) is 0 Å². The molecule has 0 spiro atoms. The van der Waals surface area contributed by atoms with E-state index in [-0.39, 0.29) is 23.4 Å². The zero-order valence-corrected chi connectivity index (χ0v) is 18.6. The van der Waals surface area contributed by atoms with Gasteiger partial charge < -0.3 is 23.3 Å². The van der Waals surface area contributed by atoms with Gasteiger partial charge >= 0.3 is 5.97 Å². The summed E-state index contributed by atoms with van der Waals surface area (Å²) in [5, 5.41) is 0. The molecule has 0 fully saturated rings. The minimum Gasteiger partial charge on any atom is -0.473 e. The van der Waals surface area contributed by atoms with Crippen LogP contribution in [0.4, 0.5) is 0 Å². The van der Waals surface area contributed by atoms with Gasteiger partial charge in [0.1, 0.15) is 11.8 Å². The van der Waals surface area contributed by atoms with Crippen molar-refractivity contribution in [2.24, 2.45) is 0 Å². The van der Waals surface area contributed by atoms with E-state index in [9.17, 15) is 9.59 Å². The molecule has 0 aliphatic heterocycles. The first kappa shape index (κ1) is 22.5. The van der Waals surface area contributed by atoms with Crippen molar-refractivity contribution in [3.8, 4) is 0 Å². The number of nitrogens with one attached hydrogen (secondary N) is 2. The summed E-state index contributed by atoms with van der Waals surface area (Å²) in [6, 6.07) is 0. The quantitative estimate of drug-likeness (QED) is 0.150. The summed E-state index contributed by atoms with van der Waals surface area (Å²) in [5.74, 6) is -0.129. The normalized spacial score (nSPS) is 11.9. The van der Waals surface area contributed by atoms with Crippen LogP contribution in [0.15, 0.2) is 23.3 Å². The Balaban J connectivity index is 2.56. The predicted molar refractivity (Wildman–Crippen MR) is 105 cm³/mol. The van der Waals surface area contributed by atoms with Gasteiger partial charge in [-0.2, -0.15) is 0 Å². The Bertz CT molecular complexity index is 759. The van der Waals surface area contributed by atoms with E-state index in [0.717, 1.165) is 0 Å². The maximum absolute atomic E-state index is 12.1. The monoisotopic (exact) mass is 418 g/mol. The number of hydrogen-bond acceptors (Lipinski definition) is 7. The highest BCUT2D eigenvalue weighted by Crippen LogP contribution is 2.16. The van der Waals surface area contributed by atoms with E-state index in [1.165, 1.54) is 6.20 Å². The molecule has 0 radical (unpaired) electrons. The molecule has 0 atom stereocenters. The lowest BCUT2D eigenvalue weighted by Crippen LogP contribution is -2.51. The maximum Gasteiger partial charge on any atom is 0.345 e. The fraction of sp³-hybridized carbons (Fsp3) is 0.533. The summed E-state index contributed by atoms with van der Waals surface area (Å²) in [5.41, 5.74) is -0.708. The van der Waals surface area contributed by atoms with E-state index < -0.39 is 28.2 Å². The van der Waals surface area contributed by atoms with Crippen LogP contribution in [0, 0.1) is 4.77 Å². The van der Waals surface area contributed by atoms with E-state index >= 15 is 0 Å². The van der Waals surface area contributed by atoms with Crippen LogP contribution in [0.2, 0.25) is 26.2 Å². The molecule has 11 heteroatoms. The van der Waals surface area contributed by atoms with E-state index in [4.69, 9.17) is 30.5 Å². The van der Waals surface area contributed by atoms with Gasteiger partial charge in [0.15, 0.2) is 19.9 Å². The van der Waals surface area contributed by atoms with Crippen LogP contribution in [0.25, 0.3) is 0 Å². The second kappa shape index (κ2) is 9.41. The summed E-state index contributed by atoms with van der Waals surface area (Å²) in [6.45, 7) is 13.4. The number of allylic oxidation sites excluding steroid dienone is 1. The molecule has 0 unspecified atom stereocenters. The molecular weight excluding hydrogens is 392 g/mol. The van der Waals surface area contributed by atoms with Crippen LogP contribution in [0.1, 0.15) is 17.3 Å². The Labute approximate surface area is 159 Å². The second-order valence-electron chi connectivity index (χ2n) is 7.00. The van der Waals surface area contributed by atoms with Crippen molar-refractivity contribution in [2.75, 3.05) is 19.3 Å². The van der Waals surface area contributed by atoms with Gasteiger partial charge in [-0.1, -0.05) is 6.58 Å². The van der Waals surface area contributed by atoms with Gasteiger partial charge in [-0.25, -0.2) is 4.79 Å². The van der Waals surface area contributed by atoms with Crippen LogP contribution in [-0.2, 0) is 18.3 Å². The Kier molecular flexibility index (Phi) is 8.15. The van der Waals surface area contributed by atoms with Crippen LogP contribution in [-0.4, -0.2) is 51.8 Å². The highest BCUT2D eigenvalue weighted by Gasteiger charge is 2.35. The molecule has 0 aromatic carbocycles. The Morgan fingerprint density at radius 3 is 2.38 bits per heavy atom. The van der Waals surface area contributed by atoms with Crippen LogP contribution in [0.3, 0.4) is 0 Å². The van der Waals surface area contributed by atoms with Gasteiger partial charge in [0, 0.05) is 6.20 Å². The van der Waals surface area contributed by atoms with Crippen molar-refractivity contribution >= 4 is 34.8 Å². The third kappa shape index (κ3) is 8.23. The minimum absolute atomic E-state index is 0.125. The molecule has 26 heavy (non-hydrogen) atoms. The largest absolute Gasteiger partial charge is 0.473 e. The number of esters is 1. The van der Waals surface area contributed by atoms with Gasteiger partial charge in [0.25, 0.3) is 5.56 Å². The van der Waals surface area contributed by atoms with E-state index in [1.54, 1.807) is 6.92 Å². The van der Waals surface area contributed by atoms with Crippen molar-refractivity contribution in [1.82, 2.24) is 9.97 Å². The van der Waals surface area contributed by atoms with E-state index in [2.05, 4.69) is 16.5 Å². The molecule has 0 aliphatic rings. The number of rotatable bonds is 10. The number of ether oxygens (including phenoxy) is 3. The van der Waals surface area contributed by atoms with Crippen molar-refractivity contribution in [3.63, 3.8) is 0 Å². The number of carbonyl (C=O) groups is 1. The highest BCUT2D eigenvalue weighted by molar-refractivity contribution is 7.71. The topological polar surface area (TPSA) is 103 Å². The number of aromatic amines is 2. The molecule has 146 valence electrons. The lowest BCUT2D eigenvalue weighted by Gasteiger charge is -2.33. The van der Waals surface area contributed by atoms with Crippen LogP contribution >= 0.6 is 12.2 Å². The summed E-state index contributed by atoms with van der Waals surface area (Å²) >= 11 is 4.79. The Hall–Kier alpha value is -1.54. The zero-order valence-electron chi connectivity index (χ0n) is 15.8. The zero-order chi connectivity index (χ0) is 20.0. The van der Waals surface area contributed by atoms with Crippen molar-refractivity contribution in [2.45, 2.75) is 33.1 Å². The first-order valence-electron chi connectivity index (χ1n) is 7.97.